The summed E-state index contributed by atoms with van der Waals surface area (Å²) < 4.78 is 57.6. The fourth-order valence-corrected chi connectivity index (χ4v) is 4.99. The maximum absolute atomic E-state index is 13.6. The summed E-state index contributed by atoms with van der Waals surface area (Å²) in [6, 6.07) is 20.1. The molecule has 0 heterocycles. The molecule has 1 aliphatic rings. The molecule has 1 amide bonds. The van der Waals surface area contributed by atoms with Crippen LogP contribution < -0.4 is 15.6 Å². The minimum Gasteiger partial charge on any atom is -0.458 e. The van der Waals surface area contributed by atoms with Crippen molar-refractivity contribution in [2.45, 2.75) is 31.2 Å². The fourth-order valence-electron chi connectivity index (χ4n) is 4.23. The molecule has 7 nitrogen and oxygen atoms in total. The molecule has 198 valence electrons. The standard InChI is InChI=1S/C28H27F2N3O4S/c1-28(38(32,35)36)16-21(27(31)34)15-25(26(28)37-24-5-3-2-4-6-24)33(17-19-7-11-22(29)12-8-19)18-20-9-13-23(30)14-10-20/h2-15H,16-18H2,1H3,(H2,31,34)(H2,32,35,36). The van der Waals surface area contributed by atoms with E-state index in [1.165, 1.54) is 37.3 Å². The molecule has 1 aliphatic carbocycles. The van der Waals surface area contributed by atoms with Crippen LogP contribution in [0.2, 0.25) is 0 Å². The second kappa shape index (κ2) is 10.8. The monoisotopic (exact) mass is 539 g/mol. The van der Waals surface area contributed by atoms with E-state index < -0.39 is 32.3 Å². The summed E-state index contributed by atoms with van der Waals surface area (Å²) in [5, 5.41) is 5.73. The lowest BCUT2D eigenvalue weighted by molar-refractivity contribution is -0.114. The summed E-state index contributed by atoms with van der Waals surface area (Å²) in [6.45, 7) is 1.71. The first kappa shape index (κ1) is 27.0. The number of nitrogens with zero attached hydrogens (tertiary/aromatic N) is 1. The van der Waals surface area contributed by atoms with Crippen LogP contribution in [0.25, 0.3) is 0 Å². The van der Waals surface area contributed by atoms with Crippen molar-refractivity contribution in [2.24, 2.45) is 10.9 Å². The molecular weight excluding hydrogens is 512 g/mol. The van der Waals surface area contributed by atoms with Gasteiger partial charge in [0.2, 0.25) is 15.9 Å². The molecule has 10 heteroatoms. The number of nitrogens with two attached hydrogens (primary N) is 2. The zero-order valence-electron chi connectivity index (χ0n) is 20.6. The van der Waals surface area contributed by atoms with E-state index in [0.717, 1.165) is 0 Å². The van der Waals surface area contributed by atoms with Gasteiger partial charge in [0.05, 0.1) is 5.70 Å². The minimum atomic E-state index is -4.34. The number of rotatable bonds is 9. The molecule has 1 unspecified atom stereocenters. The van der Waals surface area contributed by atoms with Crippen LogP contribution in [0.15, 0.2) is 102 Å². The highest BCUT2D eigenvalue weighted by molar-refractivity contribution is 7.90. The van der Waals surface area contributed by atoms with Crippen LogP contribution in [0, 0.1) is 11.6 Å². The van der Waals surface area contributed by atoms with Crippen molar-refractivity contribution in [3.05, 3.63) is 125 Å². The van der Waals surface area contributed by atoms with Crippen molar-refractivity contribution in [2.75, 3.05) is 0 Å². The van der Waals surface area contributed by atoms with Gasteiger partial charge in [-0.05, 0) is 60.5 Å². The largest absolute Gasteiger partial charge is 0.458 e. The number of primary sulfonamides is 1. The van der Waals surface area contributed by atoms with Crippen LogP contribution >= 0.6 is 0 Å². The molecule has 4 rings (SSSR count). The number of carbonyl (C=O) groups is 1. The summed E-state index contributed by atoms with van der Waals surface area (Å²) in [5.74, 6) is -1.28. The quantitative estimate of drug-likeness (QED) is 0.425. The predicted molar refractivity (Wildman–Crippen MR) is 140 cm³/mol. The lowest BCUT2D eigenvalue weighted by Gasteiger charge is -2.38. The van der Waals surface area contributed by atoms with Gasteiger partial charge in [0.15, 0.2) is 5.76 Å². The molecule has 0 saturated heterocycles. The Labute approximate surface area is 220 Å². The van der Waals surface area contributed by atoms with Crippen LogP contribution in [-0.4, -0.2) is 24.0 Å². The highest BCUT2D eigenvalue weighted by atomic mass is 32.2. The minimum absolute atomic E-state index is 0.000392. The highest BCUT2D eigenvalue weighted by Crippen LogP contribution is 2.41. The Balaban J connectivity index is 1.95. The molecule has 3 aromatic rings. The lowest BCUT2D eigenvalue weighted by atomic mass is 9.89. The van der Waals surface area contributed by atoms with Gasteiger partial charge in [-0.25, -0.2) is 22.3 Å². The van der Waals surface area contributed by atoms with Crippen LogP contribution in [0.5, 0.6) is 5.75 Å². The summed E-state index contributed by atoms with van der Waals surface area (Å²) in [4.78, 5) is 14.1. The SMILES string of the molecule is CC1(S(N)(=O)=O)CC(C(N)=O)=CC(N(Cc2ccc(F)cc2)Cc2ccc(F)cc2)=C1Oc1ccccc1. The Bertz CT molecular complexity index is 1440. The van der Waals surface area contributed by atoms with E-state index >= 15 is 0 Å². The number of para-hydroxylation sites is 1. The molecule has 0 saturated carbocycles. The van der Waals surface area contributed by atoms with Crippen molar-refractivity contribution >= 4 is 15.9 Å². The van der Waals surface area contributed by atoms with Gasteiger partial charge in [-0.15, -0.1) is 0 Å². The normalized spacial score (nSPS) is 17.6. The first-order chi connectivity index (χ1) is 18.0. The van der Waals surface area contributed by atoms with Gasteiger partial charge < -0.3 is 15.4 Å². The van der Waals surface area contributed by atoms with E-state index in [2.05, 4.69) is 0 Å². The summed E-state index contributed by atoms with van der Waals surface area (Å²) >= 11 is 0. The number of hydrogen-bond acceptors (Lipinski definition) is 5. The maximum Gasteiger partial charge on any atom is 0.244 e. The molecule has 4 N–H and O–H groups in total. The molecule has 0 radical (unpaired) electrons. The Morgan fingerprint density at radius 3 is 1.87 bits per heavy atom. The van der Waals surface area contributed by atoms with Crippen LogP contribution in [-0.2, 0) is 27.9 Å². The first-order valence-corrected chi connectivity index (χ1v) is 13.2. The highest BCUT2D eigenvalue weighted by Gasteiger charge is 2.48. The Kier molecular flexibility index (Phi) is 7.66. The fraction of sp³-hybridized carbons (Fsp3) is 0.179. The molecule has 1 atom stereocenters. The molecule has 0 bridgehead atoms. The van der Waals surface area contributed by atoms with Crippen molar-refractivity contribution in [3.8, 4) is 5.75 Å². The van der Waals surface area contributed by atoms with E-state index in [0.29, 0.717) is 16.9 Å². The number of amides is 1. The topological polar surface area (TPSA) is 116 Å². The number of halogens is 2. The summed E-state index contributed by atoms with van der Waals surface area (Å²) in [6.07, 6.45) is 1.19. The number of hydrogen-bond donors (Lipinski definition) is 2. The molecule has 0 aromatic heterocycles. The average Bonchev–Trinajstić information content (AvgIpc) is 2.87. The van der Waals surface area contributed by atoms with E-state index in [4.69, 9.17) is 15.6 Å². The van der Waals surface area contributed by atoms with E-state index in [9.17, 15) is 22.0 Å². The third-order valence-corrected chi connectivity index (χ3v) is 7.96. The number of primary amides is 1. The second-order valence-corrected chi connectivity index (χ2v) is 11.2. The third-order valence-electron chi connectivity index (χ3n) is 6.37. The van der Waals surface area contributed by atoms with Gasteiger partial charge in [-0.2, -0.15) is 0 Å². The van der Waals surface area contributed by atoms with Crippen LogP contribution in [0.1, 0.15) is 24.5 Å². The first-order valence-electron chi connectivity index (χ1n) is 11.7. The van der Waals surface area contributed by atoms with Gasteiger partial charge in [0.25, 0.3) is 0 Å². The zero-order chi connectivity index (χ0) is 27.5. The van der Waals surface area contributed by atoms with Crippen LogP contribution in [0.3, 0.4) is 0 Å². The Morgan fingerprint density at radius 2 is 1.42 bits per heavy atom. The summed E-state index contributed by atoms with van der Waals surface area (Å²) in [7, 11) is -4.34. The predicted octanol–water partition coefficient (Wildman–Crippen LogP) is 4.12. The van der Waals surface area contributed by atoms with Crippen LogP contribution in [0.4, 0.5) is 8.78 Å². The number of carbonyl (C=O) groups excluding carboxylic acids is 1. The third kappa shape index (κ3) is 5.92. The van der Waals surface area contributed by atoms with Gasteiger partial charge in [-0.1, -0.05) is 42.5 Å². The second-order valence-electron chi connectivity index (χ2n) is 9.22. The van der Waals surface area contributed by atoms with E-state index in [1.807, 2.05) is 0 Å². The lowest BCUT2D eigenvalue weighted by Crippen LogP contribution is -2.48. The number of allylic oxidation sites excluding steroid dienone is 1. The van der Waals surface area contributed by atoms with Crippen molar-refractivity contribution in [1.82, 2.24) is 4.90 Å². The van der Waals surface area contributed by atoms with Gasteiger partial charge in [0, 0.05) is 25.1 Å². The smallest absolute Gasteiger partial charge is 0.244 e. The Hall–Kier alpha value is -4.02. The molecule has 3 aromatic carbocycles. The van der Waals surface area contributed by atoms with Crippen molar-refractivity contribution in [1.29, 1.82) is 0 Å². The molecular formula is C28H27F2N3O4S. The molecule has 38 heavy (non-hydrogen) atoms. The summed E-state index contributed by atoms with van der Waals surface area (Å²) in [5.41, 5.74) is 7.30. The maximum atomic E-state index is 13.6. The van der Waals surface area contributed by atoms with Gasteiger partial charge >= 0.3 is 0 Å². The van der Waals surface area contributed by atoms with E-state index in [-0.39, 0.29) is 36.5 Å². The number of sulfonamides is 1. The van der Waals surface area contributed by atoms with Gasteiger partial charge in [-0.3, -0.25) is 4.79 Å². The number of ether oxygens (including phenoxy) is 1. The Morgan fingerprint density at radius 1 is 0.921 bits per heavy atom. The van der Waals surface area contributed by atoms with Crippen molar-refractivity contribution < 1.29 is 26.7 Å². The van der Waals surface area contributed by atoms with Crippen molar-refractivity contribution in [3.63, 3.8) is 0 Å². The zero-order valence-corrected chi connectivity index (χ0v) is 21.4. The molecule has 0 spiro atoms. The molecule has 0 fully saturated rings. The van der Waals surface area contributed by atoms with Gasteiger partial charge in [0.1, 0.15) is 22.1 Å². The van der Waals surface area contributed by atoms with E-state index in [1.54, 1.807) is 59.5 Å². The number of benzene rings is 3. The molecule has 0 aliphatic heterocycles. The average molecular weight is 540 g/mol.